The Balaban J connectivity index is 2.90. The number of hydrogen-bond acceptors (Lipinski definition) is 5. The van der Waals surface area contributed by atoms with Gasteiger partial charge < -0.3 is 15.8 Å². The summed E-state index contributed by atoms with van der Waals surface area (Å²) in [6.07, 6.45) is 1.99. The highest BCUT2D eigenvalue weighted by Gasteiger charge is 2.24. The minimum Gasteiger partial charge on any atom is -0.467 e. The zero-order valence-electron chi connectivity index (χ0n) is 12.3. The quantitative estimate of drug-likeness (QED) is 0.792. The summed E-state index contributed by atoms with van der Waals surface area (Å²) < 4.78 is 4.71. The van der Waals surface area contributed by atoms with E-state index in [1.165, 1.54) is 13.3 Å². The fourth-order valence-corrected chi connectivity index (χ4v) is 1.84. The molecule has 1 amide bonds. The van der Waals surface area contributed by atoms with Gasteiger partial charge in [0.2, 0.25) is 0 Å². The van der Waals surface area contributed by atoms with E-state index in [4.69, 9.17) is 10.5 Å². The van der Waals surface area contributed by atoms with Crippen LogP contribution in [0.25, 0.3) is 0 Å². The van der Waals surface area contributed by atoms with Crippen LogP contribution in [0.4, 0.5) is 5.69 Å². The molecule has 0 radical (unpaired) electrons. The number of carbonyl (C=O) groups excluding carboxylic acids is 2. The summed E-state index contributed by atoms with van der Waals surface area (Å²) in [5.41, 5.74) is 6.95. The number of esters is 1. The van der Waals surface area contributed by atoms with Gasteiger partial charge in [0.1, 0.15) is 6.04 Å². The minimum atomic E-state index is -0.673. The smallest absolute Gasteiger partial charge is 0.328 e. The Kier molecular flexibility index (Phi) is 5.49. The molecule has 1 aromatic heterocycles. The number of rotatable bonds is 5. The van der Waals surface area contributed by atoms with Crippen LogP contribution in [-0.2, 0) is 9.53 Å². The van der Waals surface area contributed by atoms with Crippen molar-refractivity contribution in [3.63, 3.8) is 0 Å². The number of anilines is 1. The third-order valence-electron chi connectivity index (χ3n) is 2.85. The lowest BCUT2D eigenvalue weighted by atomic mass is 10.0. The number of hydrogen-bond donors (Lipinski definition) is 2. The Labute approximate surface area is 118 Å². The lowest BCUT2D eigenvalue weighted by molar-refractivity contribution is -0.143. The molecule has 0 aliphatic rings. The molecule has 0 fully saturated rings. The van der Waals surface area contributed by atoms with Crippen molar-refractivity contribution >= 4 is 17.6 Å². The molecule has 20 heavy (non-hydrogen) atoms. The van der Waals surface area contributed by atoms with Gasteiger partial charge in [0, 0.05) is 0 Å². The summed E-state index contributed by atoms with van der Waals surface area (Å²) in [6.45, 7) is 5.65. The highest BCUT2D eigenvalue weighted by atomic mass is 16.5. The molecular formula is C14H21N3O3. The first kappa shape index (κ1) is 15.9. The summed E-state index contributed by atoms with van der Waals surface area (Å²) in [7, 11) is 1.30. The molecule has 1 rings (SSSR count). The van der Waals surface area contributed by atoms with E-state index < -0.39 is 12.0 Å². The molecule has 1 unspecified atom stereocenters. The number of methoxy groups -OCH3 is 1. The van der Waals surface area contributed by atoms with Crippen LogP contribution in [0.2, 0.25) is 0 Å². The molecule has 6 nitrogen and oxygen atoms in total. The van der Waals surface area contributed by atoms with Crippen LogP contribution in [0, 0.1) is 12.8 Å². The van der Waals surface area contributed by atoms with Crippen LogP contribution in [-0.4, -0.2) is 30.0 Å². The largest absolute Gasteiger partial charge is 0.467 e. The van der Waals surface area contributed by atoms with Gasteiger partial charge in [-0.15, -0.1) is 0 Å². The molecule has 0 saturated heterocycles. The topological polar surface area (TPSA) is 94.3 Å². The number of nitrogen functional groups attached to an aromatic ring is 1. The Morgan fingerprint density at radius 3 is 2.65 bits per heavy atom. The molecular weight excluding hydrogens is 258 g/mol. The minimum absolute atomic E-state index is 0.250. The number of nitrogens with zero attached hydrogens (tertiary/aromatic N) is 1. The molecule has 0 aliphatic heterocycles. The number of nitrogens with two attached hydrogens (primary N) is 1. The standard InChI is InChI=1S/C14H21N3O3/c1-8(2)5-12(14(19)20-4)17-13(18)11-6-10(15)7-16-9(11)3/h6-8,12H,5,15H2,1-4H3,(H,17,18). The van der Waals surface area contributed by atoms with Gasteiger partial charge in [0.25, 0.3) is 5.91 Å². The Bertz CT molecular complexity index is 500. The first-order valence-corrected chi connectivity index (χ1v) is 6.46. The molecule has 6 heteroatoms. The van der Waals surface area contributed by atoms with Gasteiger partial charge in [-0.1, -0.05) is 13.8 Å². The van der Waals surface area contributed by atoms with Crippen LogP contribution in [0.3, 0.4) is 0 Å². The van der Waals surface area contributed by atoms with E-state index in [2.05, 4.69) is 10.3 Å². The van der Waals surface area contributed by atoms with Crippen LogP contribution in [0.5, 0.6) is 0 Å². The lowest BCUT2D eigenvalue weighted by Crippen LogP contribution is -2.42. The number of pyridine rings is 1. The normalized spacial score (nSPS) is 12.1. The predicted molar refractivity (Wildman–Crippen MR) is 76.1 cm³/mol. The first-order chi connectivity index (χ1) is 9.35. The fraction of sp³-hybridized carbons (Fsp3) is 0.500. The molecule has 0 aliphatic carbocycles. The molecule has 110 valence electrons. The second-order valence-corrected chi connectivity index (χ2v) is 5.08. The van der Waals surface area contributed by atoms with Gasteiger partial charge in [-0.3, -0.25) is 9.78 Å². The Morgan fingerprint density at radius 1 is 1.45 bits per heavy atom. The Hall–Kier alpha value is -2.11. The van der Waals surface area contributed by atoms with E-state index in [0.717, 1.165) is 0 Å². The van der Waals surface area contributed by atoms with Crippen molar-refractivity contribution in [2.75, 3.05) is 12.8 Å². The van der Waals surface area contributed by atoms with E-state index in [0.29, 0.717) is 23.4 Å². The number of carbonyl (C=O) groups is 2. The van der Waals surface area contributed by atoms with Gasteiger partial charge in [0.15, 0.2) is 0 Å². The zero-order chi connectivity index (χ0) is 15.3. The molecule has 1 atom stereocenters. The third kappa shape index (κ3) is 4.22. The summed E-state index contributed by atoms with van der Waals surface area (Å²) >= 11 is 0. The van der Waals surface area contributed by atoms with Gasteiger partial charge in [-0.05, 0) is 25.3 Å². The predicted octanol–water partition coefficient (Wildman–Crippen LogP) is 1.29. The second kappa shape index (κ2) is 6.88. The third-order valence-corrected chi connectivity index (χ3v) is 2.85. The van der Waals surface area contributed by atoms with E-state index >= 15 is 0 Å². The van der Waals surface area contributed by atoms with Crippen molar-refractivity contribution < 1.29 is 14.3 Å². The van der Waals surface area contributed by atoms with Crippen LogP contribution < -0.4 is 11.1 Å². The summed E-state index contributed by atoms with van der Waals surface area (Å²) in [5, 5.41) is 2.67. The number of nitrogens with one attached hydrogen (secondary N) is 1. The van der Waals surface area contributed by atoms with E-state index in [-0.39, 0.29) is 11.8 Å². The fourth-order valence-electron chi connectivity index (χ4n) is 1.84. The lowest BCUT2D eigenvalue weighted by Gasteiger charge is -2.18. The number of ether oxygens (including phenoxy) is 1. The maximum absolute atomic E-state index is 12.2. The molecule has 1 aromatic rings. The zero-order valence-corrected chi connectivity index (χ0v) is 12.3. The SMILES string of the molecule is COC(=O)C(CC(C)C)NC(=O)c1cc(N)cnc1C. The van der Waals surface area contributed by atoms with Crippen molar-refractivity contribution in [1.82, 2.24) is 10.3 Å². The summed E-state index contributed by atoms with van der Waals surface area (Å²) in [4.78, 5) is 27.9. The van der Waals surface area contributed by atoms with Crippen molar-refractivity contribution in [1.29, 1.82) is 0 Å². The first-order valence-electron chi connectivity index (χ1n) is 6.46. The van der Waals surface area contributed by atoms with Gasteiger partial charge in [-0.2, -0.15) is 0 Å². The average molecular weight is 279 g/mol. The van der Waals surface area contributed by atoms with E-state index in [1.54, 1.807) is 13.0 Å². The molecule has 3 N–H and O–H groups in total. The molecule has 0 bridgehead atoms. The summed E-state index contributed by atoms with van der Waals surface area (Å²) in [6, 6.07) is 0.870. The maximum Gasteiger partial charge on any atom is 0.328 e. The van der Waals surface area contributed by atoms with E-state index in [1.807, 2.05) is 13.8 Å². The van der Waals surface area contributed by atoms with Crippen LogP contribution in [0.15, 0.2) is 12.3 Å². The number of aromatic nitrogens is 1. The van der Waals surface area contributed by atoms with Crippen molar-refractivity contribution in [2.45, 2.75) is 33.2 Å². The van der Waals surface area contributed by atoms with Crippen molar-refractivity contribution in [3.8, 4) is 0 Å². The second-order valence-electron chi connectivity index (χ2n) is 5.08. The molecule has 0 aromatic carbocycles. The highest BCUT2D eigenvalue weighted by molar-refractivity contribution is 5.98. The molecule has 0 spiro atoms. The maximum atomic E-state index is 12.2. The van der Waals surface area contributed by atoms with Crippen LogP contribution >= 0.6 is 0 Å². The van der Waals surface area contributed by atoms with E-state index in [9.17, 15) is 9.59 Å². The number of amides is 1. The summed E-state index contributed by atoms with van der Waals surface area (Å²) in [5.74, 6) is -0.584. The number of aryl methyl sites for hydroxylation is 1. The highest BCUT2D eigenvalue weighted by Crippen LogP contribution is 2.12. The monoisotopic (exact) mass is 279 g/mol. The van der Waals surface area contributed by atoms with Crippen molar-refractivity contribution in [3.05, 3.63) is 23.5 Å². The Morgan fingerprint density at radius 2 is 2.10 bits per heavy atom. The molecule has 0 saturated carbocycles. The van der Waals surface area contributed by atoms with Crippen molar-refractivity contribution in [2.24, 2.45) is 5.92 Å². The van der Waals surface area contributed by atoms with Gasteiger partial charge in [0.05, 0.1) is 30.3 Å². The van der Waals surface area contributed by atoms with Crippen LogP contribution in [0.1, 0.15) is 36.3 Å². The van der Waals surface area contributed by atoms with Gasteiger partial charge >= 0.3 is 5.97 Å². The molecule has 1 heterocycles. The van der Waals surface area contributed by atoms with Gasteiger partial charge in [-0.25, -0.2) is 4.79 Å². The average Bonchev–Trinajstić information content (AvgIpc) is 2.39.